The molecule has 0 aliphatic heterocycles. The van der Waals surface area contributed by atoms with Crippen LogP contribution < -0.4 is 28.7 Å². The SMILES string of the molecule is CCCCCCc1cc(-c2ccc3c(c2)C(=O)c2ccc(-c4cc(CCCCCC)c(-c5ccc(-c6ccc(-c7cc(C)c(N(c8ccc(OC)cc8)c8ccc(OC)cc8)cc7C)cn6)nc5)cc4CCCCCC)cc2C3=O)c(CCCCCC)cc1-c1ccc(-c2ccc(-c3cc(C)c(N(c4ccc(OC)cc4)c4ccc(OC)cc4)cc3C)cn2)nc1. The third-order valence-corrected chi connectivity index (χ3v) is 25.2. The number of fused-ring (bicyclic) bond motifs is 2. The van der Waals surface area contributed by atoms with Crippen LogP contribution in [-0.4, -0.2) is 59.9 Å². The highest BCUT2D eigenvalue weighted by atomic mass is 16.5. The van der Waals surface area contributed by atoms with E-state index in [0.29, 0.717) is 22.3 Å². The van der Waals surface area contributed by atoms with Gasteiger partial charge >= 0.3 is 0 Å². The minimum atomic E-state index is -0.119. The Balaban J connectivity index is 0.696. The van der Waals surface area contributed by atoms with Gasteiger partial charge in [-0.1, -0.05) is 165 Å². The van der Waals surface area contributed by atoms with Crippen molar-refractivity contribution in [2.24, 2.45) is 0 Å². The van der Waals surface area contributed by atoms with Gasteiger partial charge in [-0.05, 0) is 338 Å². The van der Waals surface area contributed by atoms with E-state index in [1.807, 2.05) is 97.6 Å². The number of unbranched alkanes of at least 4 members (excludes halogenated alkanes) is 12. The Morgan fingerprint density at radius 1 is 0.238 bits per heavy atom. The summed E-state index contributed by atoms with van der Waals surface area (Å²) in [6, 6.07) is 80.5. The van der Waals surface area contributed by atoms with Gasteiger partial charge in [0.15, 0.2) is 11.6 Å². The number of aryl methyl sites for hydroxylation is 8. The van der Waals surface area contributed by atoms with Crippen LogP contribution in [0.2, 0.25) is 0 Å². The van der Waals surface area contributed by atoms with Crippen LogP contribution in [0.1, 0.15) is 207 Å². The molecule has 0 amide bonds. The highest BCUT2D eigenvalue weighted by Crippen LogP contribution is 2.46. The lowest BCUT2D eigenvalue weighted by Gasteiger charge is -2.28. The molecule has 0 fully saturated rings. The van der Waals surface area contributed by atoms with Crippen LogP contribution in [0.5, 0.6) is 23.0 Å². The molecule has 1 aliphatic rings. The number of methoxy groups -OCH3 is 4. The Kier molecular flexibility index (Phi) is 28.7. The van der Waals surface area contributed by atoms with Gasteiger partial charge in [0.1, 0.15) is 23.0 Å². The number of ketones is 2. The Morgan fingerprint density at radius 2 is 0.492 bits per heavy atom. The van der Waals surface area contributed by atoms with E-state index in [-0.39, 0.29) is 11.6 Å². The highest BCUT2D eigenvalue weighted by molar-refractivity contribution is 6.29. The molecule has 0 spiro atoms. The van der Waals surface area contributed by atoms with Gasteiger partial charge in [0.2, 0.25) is 0 Å². The fraction of sp³-hybridized carbons (Fsp3) is 0.281. The number of ether oxygens (including phenoxy) is 4. The number of anilines is 6. The van der Waals surface area contributed by atoms with E-state index >= 15 is 9.59 Å². The molecule has 10 aromatic carbocycles. The van der Waals surface area contributed by atoms with Crippen molar-refractivity contribution in [1.29, 1.82) is 0 Å². The van der Waals surface area contributed by atoms with Crippen molar-refractivity contribution >= 4 is 45.7 Å². The second kappa shape index (κ2) is 41.2. The van der Waals surface area contributed by atoms with Crippen molar-refractivity contribution in [3.8, 4) is 113 Å². The van der Waals surface area contributed by atoms with Gasteiger partial charge in [-0.25, -0.2) is 0 Å². The molecule has 0 radical (unpaired) electrons. The molecule has 0 saturated carbocycles. The summed E-state index contributed by atoms with van der Waals surface area (Å²) in [4.78, 5) is 55.7. The Hall–Kier alpha value is -13.1. The van der Waals surface area contributed by atoms with Gasteiger partial charge in [-0.2, -0.15) is 0 Å². The van der Waals surface area contributed by atoms with Crippen LogP contribution in [0.25, 0.3) is 89.5 Å². The van der Waals surface area contributed by atoms with Crippen molar-refractivity contribution in [2.45, 2.75) is 184 Å². The van der Waals surface area contributed by atoms with E-state index in [2.05, 4.69) is 223 Å². The second-order valence-corrected chi connectivity index (χ2v) is 33.9. The molecule has 0 atom stereocenters. The third-order valence-electron chi connectivity index (χ3n) is 25.2. The topological polar surface area (TPSA) is 129 Å². The minimum absolute atomic E-state index is 0.119. The standard InChI is InChI=1S/C114H118N6O6/c1-13-17-21-25-29-79-67-103(87-37-59-109(117-73-87)107-57-35-85(71-115-107)99-61-77(7)111(63-75(99)5)119(89-39-47-93(123-9)48-40-89)90-41-49-94(124-10)50-42-90)81(31-27-23-19-15-3)65-101(79)83-33-55-97-105(69-83)113(121)98-56-34-84(70-106(98)114(97)122)102-66-82(32-28-24-20-16-4)104(68-80(102)30-26-22-18-14-2)88-38-60-110(118-74-88)108-58-36-86(72-116-108)100-62-78(8)112(64-76(100)6)120(91-43-51-95(125-11)52-44-91)92-45-53-96(126-12)54-46-92/h33-74H,13-32H2,1-12H3. The van der Waals surface area contributed by atoms with E-state index in [1.165, 1.54) is 46.2 Å². The molecule has 126 heavy (non-hydrogen) atoms. The molecule has 0 N–H and O–H groups in total. The number of carbonyl (C=O) groups is 2. The summed E-state index contributed by atoms with van der Waals surface area (Å²) in [5.74, 6) is 2.96. The largest absolute Gasteiger partial charge is 0.497 e. The van der Waals surface area contributed by atoms with Gasteiger partial charge in [0.25, 0.3) is 0 Å². The lowest BCUT2D eigenvalue weighted by molar-refractivity contribution is 0.0979. The number of hydrogen-bond donors (Lipinski definition) is 0. The van der Waals surface area contributed by atoms with Crippen molar-refractivity contribution in [3.05, 3.63) is 322 Å². The second-order valence-electron chi connectivity index (χ2n) is 33.9. The van der Waals surface area contributed by atoms with E-state index < -0.39 is 0 Å². The molecule has 0 bridgehead atoms. The van der Waals surface area contributed by atoms with Gasteiger partial charge in [0, 0.05) is 103 Å². The summed E-state index contributed by atoms with van der Waals surface area (Å²) in [5.41, 5.74) is 33.6. The molecule has 12 heteroatoms. The fourth-order valence-electron chi connectivity index (χ4n) is 18.0. The quantitative estimate of drug-likeness (QED) is 0.0342. The maximum absolute atomic E-state index is 15.4. The molecular weight excluding hydrogens is 1550 g/mol. The van der Waals surface area contributed by atoms with Crippen molar-refractivity contribution < 1.29 is 28.5 Å². The number of aromatic nitrogens is 4. The normalized spacial score (nSPS) is 11.7. The Bertz CT molecular complexity index is 5650. The zero-order chi connectivity index (χ0) is 87.7. The van der Waals surface area contributed by atoms with E-state index in [0.717, 1.165) is 273 Å². The average Bonchev–Trinajstić information content (AvgIpc) is 0.739. The van der Waals surface area contributed by atoms with Crippen molar-refractivity contribution in [2.75, 3.05) is 38.2 Å². The fourth-order valence-corrected chi connectivity index (χ4v) is 18.0. The summed E-state index contributed by atoms with van der Waals surface area (Å²) < 4.78 is 22.2. The first kappa shape index (κ1) is 87.8. The van der Waals surface area contributed by atoms with Gasteiger partial charge in [0.05, 0.1) is 51.2 Å². The predicted molar refractivity (Wildman–Crippen MR) is 520 cm³/mol. The van der Waals surface area contributed by atoms with Crippen LogP contribution in [-0.2, 0) is 25.7 Å². The predicted octanol–water partition coefficient (Wildman–Crippen LogP) is 30.1. The number of carbonyl (C=O) groups excluding carboxylic acids is 2. The number of hydrogen-bond acceptors (Lipinski definition) is 12. The van der Waals surface area contributed by atoms with Crippen LogP contribution >= 0.6 is 0 Å². The van der Waals surface area contributed by atoms with Crippen LogP contribution in [0.3, 0.4) is 0 Å². The zero-order valence-corrected chi connectivity index (χ0v) is 75.5. The van der Waals surface area contributed by atoms with Gasteiger partial charge in [-0.3, -0.25) is 29.5 Å². The van der Waals surface area contributed by atoms with Crippen molar-refractivity contribution in [3.63, 3.8) is 0 Å². The first-order valence-electron chi connectivity index (χ1n) is 45.5. The third kappa shape index (κ3) is 19.7. The first-order valence-corrected chi connectivity index (χ1v) is 45.5. The molecular formula is C114H118N6O6. The van der Waals surface area contributed by atoms with E-state index in [9.17, 15) is 0 Å². The molecule has 0 saturated heterocycles. The maximum Gasteiger partial charge on any atom is 0.194 e. The first-order chi connectivity index (χ1) is 61.6. The monoisotopic (exact) mass is 1670 g/mol. The molecule has 1 aliphatic carbocycles. The summed E-state index contributed by atoms with van der Waals surface area (Å²) in [6.07, 6.45) is 29.3. The molecule has 640 valence electrons. The number of pyridine rings is 4. The lowest BCUT2D eigenvalue weighted by Crippen LogP contribution is -2.21. The summed E-state index contributed by atoms with van der Waals surface area (Å²) in [6.45, 7) is 17.7. The lowest BCUT2D eigenvalue weighted by atomic mass is 9.80. The molecule has 12 nitrogen and oxygen atoms in total. The Labute approximate surface area is 746 Å². The smallest absolute Gasteiger partial charge is 0.194 e. The number of nitrogens with zero attached hydrogens (tertiary/aromatic N) is 6. The average molecular weight is 1670 g/mol. The summed E-state index contributed by atoms with van der Waals surface area (Å²) in [5, 5.41) is 0. The molecule has 4 heterocycles. The minimum Gasteiger partial charge on any atom is -0.497 e. The van der Waals surface area contributed by atoms with E-state index in [1.54, 1.807) is 28.4 Å². The van der Waals surface area contributed by atoms with Gasteiger partial charge < -0.3 is 28.7 Å². The molecule has 4 aromatic heterocycles. The van der Waals surface area contributed by atoms with E-state index in [4.69, 9.17) is 38.9 Å². The Morgan fingerprint density at radius 3 is 0.738 bits per heavy atom. The van der Waals surface area contributed by atoms with Gasteiger partial charge in [-0.15, -0.1) is 0 Å². The van der Waals surface area contributed by atoms with Crippen LogP contribution in [0.15, 0.2) is 255 Å². The van der Waals surface area contributed by atoms with Crippen LogP contribution in [0.4, 0.5) is 34.1 Å². The summed E-state index contributed by atoms with van der Waals surface area (Å²) in [7, 11) is 6.76. The maximum atomic E-state index is 15.4. The van der Waals surface area contributed by atoms with Crippen molar-refractivity contribution in [1.82, 2.24) is 19.9 Å². The van der Waals surface area contributed by atoms with Crippen LogP contribution in [0, 0.1) is 27.7 Å². The summed E-state index contributed by atoms with van der Waals surface area (Å²) >= 11 is 0. The highest BCUT2D eigenvalue weighted by Gasteiger charge is 2.32. The molecule has 14 aromatic rings. The number of benzene rings is 10. The molecule has 15 rings (SSSR count). The number of rotatable bonds is 38. The zero-order valence-electron chi connectivity index (χ0n) is 75.5. The molecule has 0 unspecified atom stereocenters.